The lowest BCUT2D eigenvalue weighted by molar-refractivity contribution is -0.125. The van der Waals surface area contributed by atoms with Crippen molar-refractivity contribution >= 4 is 23.8 Å². The van der Waals surface area contributed by atoms with Crippen LogP contribution in [-0.4, -0.2) is 47.7 Å². The minimum absolute atomic E-state index is 0.0310. The third-order valence-corrected chi connectivity index (χ3v) is 3.62. The number of likely N-dealkylation sites (N-methyl/N-ethyl adjacent to an activating group) is 1. The number of Topliss-reactive ketones (excluding diaryl/α,β-unsaturated/α-hetero) is 1. The number of urea groups is 1. The highest BCUT2D eigenvalue weighted by Crippen LogP contribution is 2.16. The van der Waals surface area contributed by atoms with Crippen LogP contribution < -0.4 is 0 Å². The van der Waals surface area contributed by atoms with Crippen LogP contribution >= 0.6 is 0 Å². The van der Waals surface area contributed by atoms with E-state index >= 15 is 0 Å². The number of amides is 3. The van der Waals surface area contributed by atoms with Gasteiger partial charge in [-0.25, -0.2) is 4.79 Å². The van der Waals surface area contributed by atoms with Crippen molar-refractivity contribution in [3.8, 4) is 6.07 Å². The molecular formula is C17H17N3O3. The summed E-state index contributed by atoms with van der Waals surface area (Å²) in [5.41, 5.74) is 1.67. The Labute approximate surface area is 134 Å². The number of imide groups is 1. The molecule has 0 aliphatic carbocycles. The maximum atomic E-state index is 12.1. The first-order chi connectivity index (χ1) is 11.0. The Hall–Kier alpha value is -2.94. The van der Waals surface area contributed by atoms with Crippen LogP contribution in [0.4, 0.5) is 4.79 Å². The van der Waals surface area contributed by atoms with Gasteiger partial charge in [-0.3, -0.25) is 14.5 Å². The molecular weight excluding hydrogens is 294 g/mol. The zero-order chi connectivity index (χ0) is 17.0. The smallest absolute Gasteiger partial charge is 0.318 e. The third kappa shape index (κ3) is 3.64. The summed E-state index contributed by atoms with van der Waals surface area (Å²) < 4.78 is 0. The van der Waals surface area contributed by atoms with Crippen molar-refractivity contribution in [1.29, 1.82) is 5.26 Å². The molecule has 1 aromatic rings. The van der Waals surface area contributed by atoms with Gasteiger partial charge >= 0.3 is 6.03 Å². The van der Waals surface area contributed by atoms with Crippen LogP contribution in [0.5, 0.6) is 0 Å². The Balaban J connectivity index is 2.28. The van der Waals surface area contributed by atoms with Gasteiger partial charge in [0.05, 0.1) is 18.2 Å². The van der Waals surface area contributed by atoms with Crippen LogP contribution in [0.3, 0.4) is 0 Å². The highest BCUT2D eigenvalue weighted by atomic mass is 16.2. The second-order valence-electron chi connectivity index (χ2n) is 5.30. The fourth-order valence-corrected chi connectivity index (χ4v) is 2.29. The van der Waals surface area contributed by atoms with Crippen molar-refractivity contribution in [3.05, 3.63) is 41.0 Å². The van der Waals surface area contributed by atoms with Crippen molar-refractivity contribution in [3.63, 3.8) is 0 Å². The van der Waals surface area contributed by atoms with Gasteiger partial charge in [-0.1, -0.05) is 19.1 Å². The third-order valence-electron chi connectivity index (χ3n) is 3.62. The van der Waals surface area contributed by atoms with E-state index in [4.69, 9.17) is 5.26 Å². The van der Waals surface area contributed by atoms with Gasteiger partial charge in [0.25, 0.3) is 5.91 Å². The summed E-state index contributed by atoms with van der Waals surface area (Å²) in [6.07, 6.45) is 1.94. The van der Waals surface area contributed by atoms with Gasteiger partial charge in [-0.15, -0.1) is 0 Å². The number of nitrogens with zero attached hydrogens (tertiary/aromatic N) is 3. The number of benzene rings is 1. The van der Waals surface area contributed by atoms with Crippen LogP contribution in [0, 0.1) is 11.3 Å². The van der Waals surface area contributed by atoms with E-state index in [-0.39, 0.29) is 31.2 Å². The van der Waals surface area contributed by atoms with E-state index < -0.39 is 6.03 Å². The van der Waals surface area contributed by atoms with Gasteiger partial charge < -0.3 is 4.90 Å². The number of ketones is 1. The van der Waals surface area contributed by atoms with Crippen molar-refractivity contribution in [1.82, 2.24) is 9.80 Å². The first-order valence-corrected chi connectivity index (χ1v) is 7.25. The molecule has 1 heterocycles. The maximum absolute atomic E-state index is 12.1. The van der Waals surface area contributed by atoms with Crippen LogP contribution in [0.25, 0.3) is 6.08 Å². The monoisotopic (exact) mass is 311 g/mol. The van der Waals surface area contributed by atoms with Crippen molar-refractivity contribution in [2.75, 3.05) is 20.1 Å². The molecule has 0 spiro atoms. The minimum Gasteiger partial charge on any atom is -0.318 e. The first-order valence-electron chi connectivity index (χ1n) is 7.25. The summed E-state index contributed by atoms with van der Waals surface area (Å²) in [6.45, 7) is 1.73. The standard InChI is InChI=1S/C17H17N3O3/c1-3-15(21)14(8-12-4-6-13(9-18)7-5-12)10-20-16(22)11-19(2)17(20)23/h4-8H,3,10-11H2,1-2H3/b14-8+. The van der Waals surface area contributed by atoms with Crippen LogP contribution in [0.15, 0.2) is 29.8 Å². The minimum atomic E-state index is -0.398. The molecule has 0 unspecified atom stereocenters. The molecule has 2 rings (SSSR count). The average molecular weight is 311 g/mol. The summed E-state index contributed by atoms with van der Waals surface area (Å²) in [5, 5.41) is 8.80. The van der Waals surface area contributed by atoms with Crippen LogP contribution in [0.2, 0.25) is 0 Å². The van der Waals surface area contributed by atoms with E-state index in [2.05, 4.69) is 0 Å². The predicted octanol–water partition coefficient (Wildman–Crippen LogP) is 1.81. The molecule has 1 aliphatic heterocycles. The maximum Gasteiger partial charge on any atom is 0.327 e. The highest BCUT2D eigenvalue weighted by Gasteiger charge is 2.34. The van der Waals surface area contributed by atoms with Crippen molar-refractivity contribution in [2.24, 2.45) is 0 Å². The molecule has 0 saturated carbocycles. The average Bonchev–Trinajstić information content (AvgIpc) is 2.80. The predicted molar refractivity (Wildman–Crippen MR) is 84.2 cm³/mol. The Morgan fingerprint density at radius 3 is 2.43 bits per heavy atom. The fraction of sp³-hybridized carbons (Fsp3) is 0.294. The van der Waals surface area contributed by atoms with Crippen molar-refractivity contribution < 1.29 is 14.4 Å². The van der Waals surface area contributed by atoms with E-state index in [1.54, 1.807) is 44.3 Å². The summed E-state index contributed by atoms with van der Waals surface area (Å²) >= 11 is 0. The molecule has 1 saturated heterocycles. The molecule has 6 nitrogen and oxygen atoms in total. The molecule has 6 heteroatoms. The molecule has 118 valence electrons. The van der Waals surface area contributed by atoms with Crippen LogP contribution in [0.1, 0.15) is 24.5 Å². The normalized spacial score (nSPS) is 15.1. The van der Waals surface area contributed by atoms with Gasteiger partial charge in [0.1, 0.15) is 6.54 Å². The van der Waals surface area contributed by atoms with Gasteiger partial charge in [0.2, 0.25) is 0 Å². The lowest BCUT2D eigenvalue weighted by atomic mass is 10.0. The lowest BCUT2D eigenvalue weighted by Crippen LogP contribution is -2.34. The number of rotatable bonds is 5. The fourth-order valence-electron chi connectivity index (χ4n) is 2.29. The van der Waals surface area contributed by atoms with Gasteiger partial charge in [-0.05, 0) is 23.8 Å². The van der Waals surface area contributed by atoms with Crippen molar-refractivity contribution in [2.45, 2.75) is 13.3 Å². The Morgan fingerprint density at radius 2 is 1.96 bits per heavy atom. The topological polar surface area (TPSA) is 81.5 Å². The Kier molecular flexibility index (Phi) is 4.91. The molecule has 3 amide bonds. The van der Waals surface area contributed by atoms with Crippen LogP contribution in [-0.2, 0) is 9.59 Å². The SMILES string of the molecule is CCC(=O)/C(=C/c1ccc(C#N)cc1)CN1C(=O)CN(C)C1=O. The number of nitriles is 1. The molecule has 0 atom stereocenters. The van der Waals surface area contributed by atoms with E-state index in [0.717, 1.165) is 10.5 Å². The lowest BCUT2D eigenvalue weighted by Gasteiger charge is -2.15. The van der Waals surface area contributed by atoms with Gasteiger partial charge in [0.15, 0.2) is 5.78 Å². The van der Waals surface area contributed by atoms with Gasteiger partial charge in [0, 0.05) is 19.0 Å². The molecule has 0 N–H and O–H groups in total. The molecule has 1 aliphatic rings. The summed E-state index contributed by atoms with van der Waals surface area (Å²) in [5.74, 6) is -0.434. The zero-order valence-corrected chi connectivity index (χ0v) is 13.1. The molecule has 1 fully saturated rings. The molecule has 1 aromatic carbocycles. The number of carbonyl (C=O) groups is 3. The Morgan fingerprint density at radius 1 is 1.30 bits per heavy atom. The number of hydrogen-bond acceptors (Lipinski definition) is 4. The summed E-state index contributed by atoms with van der Waals surface area (Å²) in [7, 11) is 1.55. The van der Waals surface area contributed by atoms with E-state index in [0.29, 0.717) is 11.1 Å². The molecule has 23 heavy (non-hydrogen) atoms. The molecule has 0 bridgehead atoms. The number of carbonyl (C=O) groups excluding carboxylic acids is 3. The largest absolute Gasteiger partial charge is 0.327 e. The summed E-state index contributed by atoms with van der Waals surface area (Å²) in [4.78, 5) is 38.4. The van der Waals surface area contributed by atoms with E-state index in [1.165, 1.54) is 4.90 Å². The molecule has 0 radical (unpaired) electrons. The highest BCUT2D eigenvalue weighted by molar-refractivity contribution is 6.05. The van der Waals surface area contributed by atoms with E-state index in [1.807, 2.05) is 6.07 Å². The first kappa shape index (κ1) is 16.4. The Bertz CT molecular complexity index is 714. The van der Waals surface area contributed by atoms with E-state index in [9.17, 15) is 14.4 Å². The quantitative estimate of drug-likeness (QED) is 0.613. The second-order valence-corrected chi connectivity index (χ2v) is 5.30. The number of hydrogen-bond donors (Lipinski definition) is 0. The zero-order valence-electron chi connectivity index (χ0n) is 13.1. The van der Waals surface area contributed by atoms with Gasteiger partial charge in [-0.2, -0.15) is 5.26 Å². The molecule has 0 aromatic heterocycles. The summed E-state index contributed by atoms with van der Waals surface area (Å²) in [6, 6.07) is 8.38. The second kappa shape index (κ2) is 6.88.